The molecule has 5 aromatic rings. The van der Waals surface area contributed by atoms with Crippen LogP contribution in [0.5, 0.6) is 0 Å². The summed E-state index contributed by atoms with van der Waals surface area (Å²) >= 11 is 0. The minimum Gasteiger partial charge on any atom is -0.362 e. The summed E-state index contributed by atoms with van der Waals surface area (Å²) in [5, 5.41) is 7.13. The maximum Gasteiger partial charge on any atom is 0.0541 e. The van der Waals surface area contributed by atoms with Gasteiger partial charge in [0.2, 0.25) is 0 Å². The number of hydrogen-bond acceptors (Lipinski definition) is 1. The zero-order chi connectivity index (χ0) is 26.4. The molecule has 2 nitrogen and oxygen atoms in total. The van der Waals surface area contributed by atoms with Crippen molar-refractivity contribution in [2.75, 3.05) is 5.32 Å². The first kappa shape index (κ1) is 24.5. The summed E-state index contributed by atoms with van der Waals surface area (Å²) in [6.45, 7) is 2.12. The first-order valence-electron chi connectivity index (χ1n) is 13.6. The average molecular weight is 505 g/mol. The number of benzene rings is 4. The van der Waals surface area contributed by atoms with Gasteiger partial charge in [-0.05, 0) is 85.0 Å². The second-order valence-corrected chi connectivity index (χ2v) is 9.95. The maximum absolute atomic E-state index is 3.44. The molecule has 0 unspecified atom stereocenters. The Bertz CT molecular complexity index is 1800. The molecule has 0 amide bonds. The topological polar surface area (TPSA) is 17.0 Å². The molecule has 0 spiro atoms. The van der Waals surface area contributed by atoms with Gasteiger partial charge in [-0.2, -0.15) is 0 Å². The first-order chi connectivity index (χ1) is 19.3. The van der Waals surface area contributed by atoms with Gasteiger partial charge in [0.05, 0.1) is 10.9 Å². The summed E-state index contributed by atoms with van der Waals surface area (Å²) in [6.07, 6.45) is 17.5. The van der Waals surface area contributed by atoms with E-state index in [9.17, 15) is 0 Å². The van der Waals surface area contributed by atoms with Crippen molar-refractivity contribution in [3.8, 4) is 16.8 Å². The maximum atomic E-state index is 3.44. The molecule has 0 saturated carbocycles. The van der Waals surface area contributed by atoms with Crippen molar-refractivity contribution < 1.29 is 0 Å². The van der Waals surface area contributed by atoms with Crippen molar-refractivity contribution >= 4 is 28.7 Å². The zero-order valence-corrected chi connectivity index (χ0v) is 22.2. The lowest BCUT2D eigenvalue weighted by Gasteiger charge is -2.06. The number of nitrogens with one attached hydrogen (secondary N) is 1. The van der Waals surface area contributed by atoms with Crippen LogP contribution in [0.25, 0.3) is 39.9 Å². The molecule has 2 heteroatoms. The highest BCUT2D eigenvalue weighted by atomic mass is 15.0. The highest BCUT2D eigenvalue weighted by Crippen LogP contribution is 2.22. The molecule has 0 radical (unpaired) electrons. The molecule has 0 saturated heterocycles. The molecular formula is C37H32N2. The molecule has 1 aliphatic carbocycles. The molecule has 190 valence electrons. The number of para-hydroxylation sites is 2. The Morgan fingerprint density at radius 2 is 1.49 bits per heavy atom. The van der Waals surface area contributed by atoms with Crippen molar-refractivity contribution in [3.05, 3.63) is 155 Å². The summed E-state index contributed by atoms with van der Waals surface area (Å²) in [6, 6.07) is 36.6. The molecule has 1 heterocycles. The third-order valence-corrected chi connectivity index (χ3v) is 7.21. The molecule has 0 aliphatic heterocycles. The molecule has 0 atom stereocenters. The van der Waals surface area contributed by atoms with Crippen LogP contribution < -0.4 is 15.9 Å². The minimum atomic E-state index is 1.06. The molecule has 6 rings (SSSR count). The van der Waals surface area contributed by atoms with Crippen molar-refractivity contribution in [1.29, 1.82) is 0 Å². The highest BCUT2D eigenvalue weighted by molar-refractivity contribution is 5.85. The van der Waals surface area contributed by atoms with E-state index in [1.807, 2.05) is 6.20 Å². The normalized spacial score (nSPS) is 14.3. The van der Waals surface area contributed by atoms with Gasteiger partial charge in [0.1, 0.15) is 0 Å². The second kappa shape index (κ2) is 11.3. The number of rotatable bonds is 6. The zero-order valence-electron chi connectivity index (χ0n) is 22.2. The number of allylic oxidation sites excluding steroid dienone is 5. The predicted octanol–water partition coefficient (Wildman–Crippen LogP) is 8.07. The van der Waals surface area contributed by atoms with E-state index in [0.29, 0.717) is 0 Å². The van der Waals surface area contributed by atoms with Gasteiger partial charge in [0.25, 0.3) is 0 Å². The van der Waals surface area contributed by atoms with E-state index in [1.54, 1.807) is 0 Å². The highest BCUT2D eigenvalue weighted by Gasteiger charge is 2.09. The van der Waals surface area contributed by atoms with Gasteiger partial charge in [0.15, 0.2) is 0 Å². The van der Waals surface area contributed by atoms with Gasteiger partial charge in [-0.15, -0.1) is 0 Å². The van der Waals surface area contributed by atoms with Crippen LogP contribution >= 0.6 is 0 Å². The molecule has 1 N–H and O–H groups in total. The largest absolute Gasteiger partial charge is 0.362 e. The van der Waals surface area contributed by atoms with Crippen LogP contribution in [0.3, 0.4) is 0 Å². The molecule has 4 aromatic carbocycles. The van der Waals surface area contributed by atoms with Crippen LogP contribution in [0.2, 0.25) is 0 Å². The molecule has 0 bridgehead atoms. The van der Waals surface area contributed by atoms with E-state index in [4.69, 9.17) is 0 Å². The van der Waals surface area contributed by atoms with Gasteiger partial charge in [-0.25, -0.2) is 0 Å². The monoisotopic (exact) mass is 504 g/mol. The number of aromatic nitrogens is 1. The number of nitrogens with zero attached hydrogens (tertiary/aromatic N) is 1. The Morgan fingerprint density at radius 3 is 2.23 bits per heavy atom. The lowest BCUT2D eigenvalue weighted by Crippen LogP contribution is -2.28. The van der Waals surface area contributed by atoms with Crippen molar-refractivity contribution in [2.24, 2.45) is 0 Å². The fraction of sp³-hybridized carbons (Fsp3) is 0.0811. The summed E-state index contributed by atoms with van der Waals surface area (Å²) in [4.78, 5) is 0. The Balaban J connectivity index is 1.38. The second-order valence-electron chi connectivity index (χ2n) is 9.95. The lowest BCUT2D eigenvalue weighted by molar-refractivity contribution is 1.00. The summed E-state index contributed by atoms with van der Waals surface area (Å²) < 4.78 is 2.36. The fourth-order valence-electron chi connectivity index (χ4n) is 5.17. The van der Waals surface area contributed by atoms with E-state index in [1.165, 1.54) is 43.7 Å². The van der Waals surface area contributed by atoms with E-state index in [-0.39, 0.29) is 0 Å². The van der Waals surface area contributed by atoms with Crippen LogP contribution in [0.1, 0.15) is 18.4 Å². The van der Waals surface area contributed by atoms with Crippen LogP contribution in [-0.4, -0.2) is 4.57 Å². The quantitative estimate of drug-likeness (QED) is 0.247. The standard InChI is InChI=1S/C37H32N2/c1-28-18-20-30(21-19-28)31-22-24-32(25-23-31)38-26-10-17-37-35(27-29-11-4-2-5-12-29)34-15-8-9-16-36(34)39(37)33-13-6-3-7-14-33/h2-4,6-11,13-27,38H,5,12H2,1H3/b26-10+,35-27?,37-17+. The van der Waals surface area contributed by atoms with E-state index in [2.05, 4.69) is 156 Å². The van der Waals surface area contributed by atoms with Crippen molar-refractivity contribution in [3.63, 3.8) is 0 Å². The number of anilines is 1. The van der Waals surface area contributed by atoms with Gasteiger partial charge >= 0.3 is 0 Å². The minimum absolute atomic E-state index is 1.06. The van der Waals surface area contributed by atoms with Crippen molar-refractivity contribution in [2.45, 2.75) is 19.8 Å². The Kier molecular flexibility index (Phi) is 7.09. The number of hydrogen-bond donors (Lipinski definition) is 1. The Hall–Kier alpha value is -4.82. The van der Waals surface area contributed by atoms with E-state index >= 15 is 0 Å². The Labute approximate surface area is 230 Å². The van der Waals surface area contributed by atoms with Gasteiger partial charge in [0, 0.05) is 28.2 Å². The SMILES string of the molecule is Cc1ccc(-c2ccc(N/C=C/C=c3\c(=CC4=CC=CCC4)c4ccccc4n3-c3ccccc3)cc2)cc1. The van der Waals surface area contributed by atoms with Crippen molar-refractivity contribution in [1.82, 2.24) is 4.57 Å². The number of fused-ring (bicyclic) bond motifs is 1. The van der Waals surface area contributed by atoms with Crippen LogP contribution in [0.4, 0.5) is 5.69 Å². The lowest BCUT2D eigenvalue weighted by atomic mass is 10.0. The summed E-state index contributed by atoms with van der Waals surface area (Å²) in [7, 11) is 0. The van der Waals surface area contributed by atoms with Crippen LogP contribution in [0, 0.1) is 6.92 Å². The van der Waals surface area contributed by atoms with Crippen LogP contribution in [-0.2, 0) is 0 Å². The average Bonchev–Trinajstić information content (AvgIpc) is 3.30. The van der Waals surface area contributed by atoms with Gasteiger partial charge in [-0.1, -0.05) is 96.6 Å². The van der Waals surface area contributed by atoms with Crippen LogP contribution in [0.15, 0.2) is 139 Å². The molecule has 1 aromatic heterocycles. The first-order valence-corrected chi connectivity index (χ1v) is 13.6. The fourth-order valence-corrected chi connectivity index (χ4v) is 5.17. The predicted molar refractivity (Wildman–Crippen MR) is 167 cm³/mol. The Morgan fingerprint density at radius 1 is 0.769 bits per heavy atom. The third-order valence-electron chi connectivity index (χ3n) is 7.21. The molecule has 1 aliphatic rings. The summed E-state index contributed by atoms with van der Waals surface area (Å²) in [5.41, 5.74) is 8.51. The number of aryl methyl sites for hydroxylation is 1. The molecule has 0 fully saturated rings. The van der Waals surface area contributed by atoms with Gasteiger partial charge < -0.3 is 9.88 Å². The van der Waals surface area contributed by atoms with Gasteiger partial charge in [-0.3, -0.25) is 0 Å². The van der Waals surface area contributed by atoms with E-state index in [0.717, 1.165) is 24.2 Å². The van der Waals surface area contributed by atoms with E-state index < -0.39 is 0 Å². The molecule has 39 heavy (non-hydrogen) atoms. The third kappa shape index (κ3) is 5.42. The smallest absolute Gasteiger partial charge is 0.0541 e. The summed E-state index contributed by atoms with van der Waals surface area (Å²) in [5.74, 6) is 0. The molecular weight excluding hydrogens is 472 g/mol.